The highest BCUT2D eigenvalue weighted by Crippen LogP contribution is 2.26. The van der Waals surface area contributed by atoms with E-state index in [0.29, 0.717) is 11.6 Å². The maximum atomic E-state index is 12.2. The van der Waals surface area contributed by atoms with Crippen LogP contribution in [0.2, 0.25) is 10.0 Å². The van der Waals surface area contributed by atoms with E-state index in [4.69, 9.17) is 23.2 Å². The lowest BCUT2D eigenvalue weighted by atomic mass is 10.4. The molecule has 0 heterocycles. The van der Waals surface area contributed by atoms with Crippen LogP contribution in [0.15, 0.2) is 23.1 Å². The zero-order valence-electron chi connectivity index (χ0n) is 10.3. The summed E-state index contributed by atoms with van der Waals surface area (Å²) in [6, 6.07) is 4.31. The minimum absolute atomic E-state index is 0.156. The van der Waals surface area contributed by atoms with Crippen molar-refractivity contribution in [3.8, 4) is 0 Å². The van der Waals surface area contributed by atoms with Crippen LogP contribution in [0.25, 0.3) is 0 Å². The van der Waals surface area contributed by atoms with Crippen molar-refractivity contribution in [1.29, 1.82) is 0 Å². The third kappa shape index (κ3) is 3.83. The summed E-state index contributed by atoms with van der Waals surface area (Å²) in [5.74, 6) is 0. The van der Waals surface area contributed by atoms with E-state index in [1.807, 2.05) is 7.05 Å². The van der Waals surface area contributed by atoms with Gasteiger partial charge in [0.15, 0.2) is 0 Å². The summed E-state index contributed by atoms with van der Waals surface area (Å²) in [6.07, 6.45) is 0.744. The van der Waals surface area contributed by atoms with Crippen molar-refractivity contribution < 1.29 is 8.42 Å². The Labute approximate surface area is 118 Å². The Morgan fingerprint density at radius 2 is 1.94 bits per heavy atom. The SMILES string of the molecule is CNCCCN(C)S(=O)(=O)c1ccc(Cl)c(Cl)c1. The van der Waals surface area contributed by atoms with Gasteiger partial charge in [0.2, 0.25) is 10.0 Å². The second kappa shape index (κ2) is 6.73. The van der Waals surface area contributed by atoms with E-state index >= 15 is 0 Å². The van der Waals surface area contributed by atoms with Crippen LogP contribution >= 0.6 is 23.2 Å². The van der Waals surface area contributed by atoms with Gasteiger partial charge in [-0.2, -0.15) is 0 Å². The standard InChI is InChI=1S/C11H16Cl2N2O2S/c1-14-6-3-7-15(2)18(16,17)9-4-5-10(12)11(13)8-9/h4-5,8,14H,3,6-7H2,1-2H3. The Kier molecular flexibility index (Phi) is 5.88. The van der Waals surface area contributed by atoms with Crippen LogP contribution in [0.3, 0.4) is 0 Å². The van der Waals surface area contributed by atoms with Crippen molar-refractivity contribution in [1.82, 2.24) is 9.62 Å². The molecule has 1 aromatic rings. The third-order valence-electron chi connectivity index (χ3n) is 2.50. The molecule has 7 heteroatoms. The number of benzene rings is 1. The first-order valence-electron chi connectivity index (χ1n) is 5.45. The van der Waals surface area contributed by atoms with Gasteiger partial charge in [-0.25, -0.2) is 12.7 Å². The number of nitrogens with zero attached hydrogens (tertiary/aromatic N) is 1. The van der Waals surface area contributed by atoms with Crippen LogP contribution in [0.5, 0.6) is 0 Å². The van der Waals surface area contributed by atoms with Crippen LogP contribution in [0.4, 0.5) is 0 Å². The molecule has 1 rings (SSSR count). The lowest BCUT2D eigenvalue weighted by Crippen LogP contribution is -2.29. The van der Waals surface area contributed by atoms with Gasteiger partial charge in [0.05, 0.1) is 14.9 Å². The van der Waals surface area contributed by atoms with Crippen molar-refractivity contribution in [3.63, 3.8) is 0 Å². The highest BCUT2D eigenvalue weighted by Gasteiger charge is 2.20. The molecular formula is C11H16Cl2N2O2S. The molecule has 0 atom stereocenters. The van der Waals surface area contributed by atoms with E-state index in [0.717, 1.165) is 13.0 Å². The smallest absolute Gasteiger partial charge is 0.242 e. The van der Waals surface area contributed by atoms with E-state index in [2.05, 4.69) is 5.32 Å². The van der Waals surface area contributed by atoms with Gasteiger partial charge < -0.3 is 5.32 Å². The molecule has 0 fully saturated rings. The average Bonchev–Trinajstić information content (AvgIpc) is 2.32. The number of rotatable bonds is 6. The maximum absolute atomic E-state index is 12.2. The maximum Gasteiger partial charge on any atom is 0.242 e. The number of nitrogens with one attached hydrogen (secondary N) is 1. The second-order valence-corrected chi connectivity index (χ2v) is 6.72. The summed E-state index contributed by atoms with van der Waals surface area (Å²) in [5.41, 5.74) is 0. The van der Waals surface area contributed by atoms with Crippen LogP contribution in [-0.2, 0) is 10.0 Å². The molecule has 0 aliphatic carbocycles. The van der Waals surface area contributed by atoms with Gasteiger partial charge in [0.1, 0.15) is 0 Å². The zero-order chi connectivity index (χ0) is 13.8. The molecule has 0 aromatic heterocycles. The molecule has 0 bridgehead atoms. The topological polar surface area (TPSA) is 49.4 Å². The van der Waals surface area contributed by atoms with Crippen LogP contribution in [-0.4, -0.2) is 39.9 Å². The first kappa shape index (κ1) is 15.7. The first-order chi connectivity index (χ1) is 8.39. The highest BCUT2D eigenvalue weighted by molar-refractivity contribution is 7.89. The zero-order valence-corrected chi connectivity index (χ0v) is 12.6. The van der Waals surface area contributed by atoms with Crippen LogP contribution in [0, 0.1) is 0 Å². The van der Waals surface area contributed by atoms with Crippen molar-refractivity contribution in [2.45, 2.75) is 11.3 Å². The fourth-order valence-corrected chi connectivity index (χ4v) is 3.01. The summed E-state index contributed by atoms with van der Waals surface area (Å²) in [5, 5.41) is 3.55. The quantitative estimate of drug-likeness (QED) is 0.820. The van der Waals surface area contributed by atoms with Crippen molar-refractivity contribution in [2.24, 2.45) is 0 Å². The van der Waals surface area contributed by atoms with E-state index in [1.165, 1.54) is 22.5 Å². The molecule has 1 aromatic carbocycles. The summed E-state index contributed by atoms with van der Waals surface area (Å²) in [6.45, 7) is 1.21. The molecule has 0 radical (unpaired) electrons. The van der Waals surface area contributed by atoms with Gasteiger partial charge >= 0.3 is 0 Å². The average molecular weight is 311 g/mol. The van der Waals surface area contributed by atoms with Crippen molar-refractivity contribution in [3.05, 3.63) is 28.2 Å². The predicted octanol–water partition coefficient (Wildman–Crippen LogP) is 2.22. The van der Waals surface area contributed by atoms with Gasteiger partial charge in [0, 0.05) is 13.6 Å². The van der Waals surface area contributed by atoms with Gasteiger partial charge in [-0.05, 0) is 38.2 Å². The fourth-order valence-electron chi connectivity index (χ4n) is 1.42. The molecule has 0 unspecified atom stereocenters. The minimum Gasteiger partial charge on any atom is -0.320 e. The summed E-state index contributed by atoms with van der Waals surface area (Å²) < 4.78 is 25.7. The first-order valence-corrected chi connectivity index (χ1v) is 7.65. The summed E-state index contributed by atoms with van der Waals surface area (Å²) >= 11 is 11.6. The fraction of sp³-hybridized carbons (Fsp3) is 0.455. The van der Waals surface area contributed by atoms with Crippen molar-refractivity contribution >= 4 is 33.2 Å². The van der Waals surface area contributed by atoms with Gasteiger partial charge in [-0.1, -0.05) is 23.2 Å². The molecule has 0 amide bonds. The molecule has 1 N–H and O–H groups in total. The second-order valence-electron chi connectivity index (χ2n) is 3.86. The molecule has 18 heavy (non-hydrogen) atoms. The molecule has 102 valence electrons. The lowest BCUT2D eigenvalue weighted by Gasteiger charge is -2.17. The Morgan fingerprint density at radius 3 is 2.50 bits per heavy atom. The molecule has 0 saturated heterocycles. The molecule has 0 spiro atoms. The Balaban J connectivity index is 2.88. The largest absolute Gasteiger partial charge is 0.320 e. The molecule has 0 saturated carbocycles. The molecular weight excluding hydrogens is 295 g/mol. The summed E-state index contributed by atoms with van der Waals surface area (Å²) in [7, 11) is -0.120. The van der Waals surface area contributed by atoms with E-state index in [9.17, 15) is 8.42 Å². The summed E-state index contributed by atoms with van der Waals surface area (Å²) in [4.78, 5) is 0.156. The molecule has 0 aliphatic rings. The predicted molar refractivity (Wildman–Crippen MR) is 74.8 cm³/mol. The number of sulfonamides is 1. The van der Waals surface area contributed by atoms with E-state index in [1.54, 1.807) is 7.05 Å². The van der Waals surface area contributed by atoms with Gasteiger partial charge in [-0.15, -0.1) is 0 Å². The monoisotopic (exact) mass is 310 g/mol. The van der Waals surface area contributed by atoms with E-state index in [-0.39, 0.29) is 9.92 Å². The van der Waals surface area contributed by atoms with Gasteiger partial charge in [-0.3, -0.25) is 0 Å². The Morgan fingerprint density at radius 1 is 1.28 bits per heavy atom. The Bertz CT molecular complexity index is 506. The normalized spacial score (nSPS) is 12.1. The van der Waals surface area contributed by atoms with E-state index < -0.39 is 10.0 Å². The van der Waals surface area contributed by atoms with Crippen molar-refractivity contribution in [2.75, 3.05) is 27.2 Å². The number of hydrogen-bond donors (Lipinski definition) is 1. The van der Waals surface area contributed by atoms with Gasteiger partial charge in [0.25, 0.3) is 0 Å². The minimum atomic E-state index is -3.50. The highest BCUT2D eigenvalue weighted by atomic mass is 35.5. The number of hydrogen-bond acceptors (Lipinski definition) is 3. The van der Waals surface area contributed by atoms with Crippen LogP contribution in [0.1, 0.15) is 6.42 Å². The molecule has 0 aliphatic heterocycles. The van der Waals surface area contributed by atoms with Crippen LogP contribution < -0.4 is 5.32 Å². The third-order valence-corrected chi connectivity index (χ3v) is 5.09. The number of halogens is 2. The molecule has 4 nitrogen and oxygen atoms in total. The Hall–Kier alpha value is -0.330. The lowest BCUT2D eigenvalue weighted by molar-refractivity contribution is 0.458.